The molecule has 33 heavy (non-hydrogen) atoms. The van der Waals surface area contributed by atoms with Gasteiger partial charge in [-0.25, -0.2) is 14.2 Å². The van der Waals surface area contributed by atoms with Gasteiger partial charge >= 0.3 is 5.97 Å². The second-order valence-electron chi connectivity index (χ2n) is 7.30. The molecule has 1 fully saturated rings. The number of likely N-dealkylation sites (tertiary alicyclic amines) is 1. The molecule has 9 nitrogen and oxygen atoms in total. The highest BCUT2D eigenvalue weighted by Gasteiger charge is 2.19. The van der Waals surface area contributed by atoms with Crippen molar-refractivity contribution in [3.05, 3.63) is 53.5 Å². The van der Waals surface area contributed by atoms with Crippen molar-refractivity contribution in [1.29, 1.82) is 0 Å². The molecule has 1 amide bonds. The van der Waals surface area contributed by atoms with Crippen molar-refractivity contribution in [1.82, 2.24) is 9.88 Å². The average Bonchev–Trinajstić information content (AvgIpc) is 2.85. The fraction of sp³-hybridized carbons (Fsp3) is 0.348. The zero-order valence-electron chi connectivity index (χ0n) is 18.8. The van der Waals surface area contributed by atoms with Gasteiger partial charge in [-0.1, -0.05) is 0 Å². The van der Waals surface area contributed by atoms with E-state index in [4.69, 9.17) is 4.74 Å². The molecule has 1 aromatic carbocycles. The number of esters is 1. The molecular weight excluding hydrogens is 429 g/mol. The normalized spacial score (nSPS) is 14.9. The number of aromatic nitrogens is 1. The summed E-state index contributed by atoms with van der Waals surface area (Å²) in [7, 11) is 1.34. The van der Waals surface area contributed by atoms with Crippen LogP contribution in [0.2, 0.25) is 0 Å². The molecule has 0 radical (unpaired) electrons. The molecule has 0 spiro atoms. The Morgan fingerprint density at radius 1 is 1.33 bits per heavy atom. The van der Waals surface area contributed by atoms with Gasteiger partial charge in [-0.3, -0.25) is 4.79 Å². The van der Waals surface area contributed by atoms with Gasteiger partial charge in [-0.2, -0.15) is 15.3 Å². The number of halogens is 1. The predicted molar refractivity (Wildman–Crippen MR) is 124 cm³/mol. The molecule has 1 saturated heterocycles. The summed E-state index contributed by atoms with van der Waals surface area (Å²) in [6, 6.07) is 7.88. The highest BCUT2D eigenvalue weighted by molar-refractivity contribution is 5.90. The minimum Gasteiger partial charge on any atom is -0.477 e. The number of anilines is 1. The Kier molecular flexibility index (Phi) is 9.94. The fourth-order valence-corrected chi connectivity index (χ4v) is 3.30. The van der Waals surface area contributed by atoms with E-state index in [9.17, 15) is 14.0 Å². The molecule has 10 heteroatoms. The monoisotopic (exact) mass is 457 g/mol. The zero-order valence-corrected chi connectivity index (χ0v) is 18.8. The van der Waals surface area contributed by atoms with E-state index in [0.717, 1.165) is 49.8 Å². The number of carbonyl (C=O) groups is 2. The van der Waals surface area contributed by atoms with Crippen LogP contribution in [0, 0.1) is 18.7 Å². The van der Waals surface area contributed by atoms with E-state index in [1.165, 1.54) is 24.4 Å². The summed E-state index contributed by atoms with van der Waals surface area (Å²) in [6.07, 6.45) is 4.06. The Hall–Kier alpha value is -3.82. The van der Waals surface area contributed by atoms with Crippen molar-refractivity contribution in [2.45, 2.75) is 19.8 Å². The predicted octanol–water partition coefficient (Wildman–Crippen LogP) is 3.29. The Balaban J connectivity index is 0.000000234. The third-order valence-corrected chi connectivity index (χ3v) is 4.97. The van der Waals surface area contributed by atoms with Crippen molar-refractivity contribution in [3.63, 3.8) is 0 Å². The number of hydrogen-bond donors (Lipinski definition) is 0. The summed E-state index contributed by atoms with van der Waals surface area (Å²) in [5.41, 5.74) is 2.04. The van der Waals surface area contributed by atoms with E-state index in [-0.39, 0.29) is 11.8 Å². The zero-order chi connectivity index (χ0) is 24.2. The summed E-state index contributed by atoms with van der Waals surface area (Å²) < 4.78 is 22.7. The van der Waals surface area contributed by atoms with Crippen LogP contribution in [-0.4, -0.2) is 62.5 Å². The minimum atomic E-state index is -0.376. The Morgan fingerprint density at radius 2 is 2.09 bits per heavy atom. The third-order valence-electron chi connectivity index (χ3n) is 4.97. The van der Waals surface area contributed by atoms with Crippen molar-refractivity contribution in [3.8, 4) is 5.88 Å². The molecule has 1 aliphatic rings. The van der Waals surface area contributed by atoms with Crippen LogP contribution in [0.1, 0.15) is 28.8 Å². The highest BCUT2D eigenvalue weighted by Crippen LogP contribution is 2.22. The van der Waals surface area contributed by atoms with Crippen LogP contribution in [0.25, 0.3) is 0 Å². The van der Waals surface area contributed by atoms with E-state index >= 15 is 0 Å². The van der Waals surface area contributed by atoms with Gasteiger partial charge in [0.2, 0.25) is 12.3 Å². The maximum Gasteiger partial charge on any atom is 0.337 e. The van der Waals surface area contributed by atoms with E-state index in [1.54, 1.807) is 23.1 Å². The lowest BCUT2D eigenvalue weighted by atomic mass is 10.00. The van der Waals surface area contributed by atoms with Crippen LogP contribution in [0.15, 0.2) is 46.7 Å². The summed E-state index contributed by atoms with van der Waals surface area (Å²) in [5, 5.41) is 8.63. The number of ether oxygens (including phenoxy) is 2. The molecule has 0 N–H and O–H groups in total. The summed E-state index contributed by atoms with van der Waals surface area (Å²) >= 11 is 0. The fourth-order valence-electron chi connectivity index (χ4n) is 3.30. The van der Waals surface area contributed by atoms with Crippen LogP contribution in [0.4, 0.5) is 10.1 Å². The number of amides is 1. The molecule has 0 saturated carbocycles. The molecule has 176 valence electrons. The molecule has 0 aliphatic carbocycles. The number of nitrogens with zero attached hydrogens (tertiary/aromatic N) is 5. The molecule has 3 rings (SSSR count). The van der Waals surface area contributed by atoms with Crippen LogP contribution in [-0.2, 0) is 9.53 Å². The van der Waals surface area contributed by atoms with Crippen molar-refractivity contribution in [2.24, 2.45) is 16.1 Å². The van der Waals surface area contributed by atoms with Gasteiger partial charge in [0.25, 0.3) is 0 Å². The van der Waals surface area contributed by atoms with E-state index in [1.807, 2.05) is 6.92 Å². The molecule has 1 atom stereocenters. The number of aryl methyl sites for hydroxylation is 1. The van der Waals surface area contributed by atoms with Gasteiger partial charge in [-0.15, -0.1) is 0 Å². The van der Waals surface area contributed by atoms with E-state index in [2.05, 4.69) is 33.4 Å². The Labute approximate surface area is 192 Å². The largest absolute Gasteiger partial charge is 0.477 e. The van der Waals surface area contributed by atoms with Crippen LogP contribution >= 0.6 is 0 Å². The second-order valence-corrected chi connectivity index (χ2v) is 7.30. The van der Waals surface area contributed by atoms with Gasteiger partial charge in [0, 0.05) is 38.5 Å². The standard InChI is InChI=1S/C12H15FN2O2.C11H13N3O2/c13-11-3-4-12(14-6-11)17-8-10-2-1-5-15(7-10)9-16;1-8-7-9(11(15)16-4)5-6-10(8)14(12-2)13-3/h3-4,6,9-10H,1-2,5,7-8H2;5-7H,2-3H2,1,4H3. The van der Waals surface area contributed by atoms with Gasteiger partial charge in [0.1, 0.15) is 5.82 Å². The second kappa shape index (κ2) is 12.9. The molecular formula is C23H28FN5O4. The summed E-state index contributed by atoms with van der Waals surface area (Å²) in [4.78, 5) is 27.5. The summed E-state index contributed by atoms with van der Waals surface area (Å²) in [5.74, 6) is 0.0110. The number of hydrogen-bond acceptors (Lipinski definition) is 8. The molecule has 2 heterocycles. The first-order valence-electron chi connectivity index (χ1n) is 10.3. The first kappa shape index (κ1) is 25.4. The maximum absolute atomic E-state index is 12.6. The molecule has 0 bridgehead atoms. The summed E-state index contributed by atoms with van der Waals surface area (Å²) in [6.45, 7) is 10.7. The van der Waals surface area contributed by atoms with E-state index in [0.29, 0.717) is 24.0 Å². The van der Waals surface area contributed by atoms with Crippen LogP contribution < -0.4 is 9.85 Å². The average molecular weight is 458 g/mol. The topological polar surface area (TPSA) is 96.7 Å². The number of carbonyl (C=O) groups excluding carboxylic acids is 2. The smallest absolute Gasteiger partial charge is 0.337 e. The van der Waals surface area contributed by atoms with Gasteiger partial charge in [0.05, 0.1) is 31.2 Å². The number of benzene rings is 1. The first-order valence-corrected chi connectivity index (χ1v) is 10.3. The quantitative estimate of drug-likeness (QED) is 0.261. The lowest BCUT2D eigenvalue weighted by Gasteiger charge is -2.29. The SMILES string of the molecule is C=NN(N=C)c1ccc(C(=O)OC)cc1C.O=CN1CCCC(COc2ccc(F)cn2)C1. The van der Waals surface area contributed by atoms with Gasteiger partial charge < -0.3 is 14.4 Å². The minimum absolute atomic E-state index is 0.334. The lowest BCUT2D eigenvalue weighted by molar-refractivity contribution is -0.119. The maximum atomic E-state index is 12.6. The first-order chi connectivity index (χ1) is 15.9. The van der Waals surface area contributed by atoms with Gasteiger partial charge in [-0.05, 0) is 49.6 Å². The van der Waals surface area contributed by atoms with Crippen LogP contribution in [0.3, 0.4) is 0 Å². The molecule has 1 aliphatic heterocycles. The van der Waals surface area contributed by atoms with Crippen molar-refractivity contribution in [2.75, 3.05) is 31.9 Å². The molecule has 1 unspecified atom stereocenters. The van der Waals surface area contributed by atoms with E-state index < -0.39 is 0 Å². The van der Waals surface area contributed by atoms with Gasteiger partial charge in [0.15, 0.2) is 0 Å². The highest BCUT2D eigenvalue weighted by atomic mass is 19.1. The Morgan fingerprint density at radius 3 is 2.67 bits per heavy atom. The molecule has 2 aromatic rings. The number of pyridine rings is 1. The van der Waals surface area contributed by atoms with Crippen molar-refractivity contribution >= 4 is 31.5 Å². The molecule has 1 aromatic heterocycles. The number of piperidine rings is 1. The Bertz CT molecular complexity index is 946. The number of rotatable bonds is 8. The van der Waals surface area contributed by atoms with Crippen molar-refractivity contribution < 1.29 is 23.5 Å². The van der Waals surface area contributed by atoms with Crippen LogP contribution in [0.5, 0.6) is 5.88 Å². The third kappa shape index (κ3) is 7.67. The number of methoxy groups -OCH3 is 1. The lowest BCUT2D eigenvalue weighted by Crippen LogP contribution is -2.36. The number of hydrazone groups is 2.